The molecule has 0 bridgehead atoms. The molecule has 31 heavy (non-hydrogen) atoms. The molecule has 4 aromatic rings. The summed E-state index contributed by atoms with van der Waals surface area (Å²) in [6, 6.07) is 16.2. The lowest BCUT2D eigenvalue weighted by atomic mass is 10.1. The van der Waals surface area contributed by atoms with Crippen molar-refractivity contribution in [1.29, 1.82) is 5.26 Å². The first kappa shape index (κ1) is 20.2. The van der Waals surface area contributed by atoms with Crippen molar-refractivity contribution in [3.8, 4) is 28.7 Å². The molecule has 2 aromatic carbocycles. The Morgan fingerprint density at radius 2 is 2.00 bits per heavy atom. The van der Waals surface area contributed by atoms with E-state index in [1.54, 1.807) is 48.7 Å². The highest BCUT2D eigenvalue weighted by Gasteiger charge is 2.18. The highest BCUT2D eigenvalue weighted by atomic mass is 32.1. The minimum atomic E-state index is -0.451. The van der Waals surface area contributed by atoms with Gasteiger partial charge in [0.05, 0.1) is 21.8 Å². The molecule has 6 nitrogen and oxygen atoms in total. The Morgan fingerprint density at radius 1 is 1.23 bits per heavy atom. The van der Waals surface area contributed by atoms with Crippen molar-refractivity contribution in [2.45, 2.75) is 6.92 Å². The Bertz CT molecular complexity index is 1350. The minimum absolute atomic E-state index is 0.0470. The summed E-state index contributed by atoms with van der Waals surface area (Å²) in [5, 5.41) is 23.3. The van der Waals surface area contributed by atoms with Crippen LogP contribution in [0.5, 0.6) is 0 Å². The molecule has 8 heteroatoms. The van der Waals surface area contributed by atoms with Gasteiger partial charge in [-0.2, -0.15) is 5.26 Å². The molecule has 2 heterocycles. The molecule has 0 radical (unpaired) electrons. The lowest BCUT2D eigenvalue weighted by Gasteiger charge is -2.01. The fraction of sp³-hybridized carbons (Fsp3) is 0.0435. The van der Waals surface area contributed by atoms with Gasteiger partial charge in [-0.15, -0.1) is 11.3 Å². The summed E-state index contributed by atoms with van der Waals surface area (Å²) in [6.45, 7) is 1.78. The number of benzene rings is 2. The molecule has 0 saturated carbocycles. The van der Waals surface area contributed by atoms with Gasteiger partial charge in [0.15, 0.2) is 0 Å². The molecule has 0 atom stereocenters. The number of nitro benzene ring substituents is 1. The zero-order chi connectivity index (χ0) is 22.0. The number of rotatable bonds is 5. The maximum atomic E-state index is 13.1. The number of aryl methyl sites for hydroxylation is 1. The van der Waals surface area contributed by atoms with Gasteiger partial charge in [0, 0.05) is 23.1 Å². The van der Waals surface area contributed by atoms with Crippen molar-refractivity contribution in [2.75, 3.05) is 0 Å². The maximum Gasteiger partial charge on any atom is 0.280 e. The monoisotopic (exact) mass is 431 g/mol. The second-order valence-electron chi connectivity index (χ2n) is 6.69. The van der Waals surface area contributed by atoms with Gasteiger partial charge < -0.3 is 4.42 Å². The summed E-state index contributed by atoms with van der Waals surface area (Å²) >= 11 is 1.29. The van der Waals surface area contributed by atoms with E-state index in [4.69, 9.17) is 4.42 Å². The lowest BCUT2D eigenvalue weighted by molar-refractivity contribution is -0.384. The highest BCUT2D eigenvalue weighted by molar-refractivity contribution is 7.11. The van der Waals surface area contributed by atoms with E-state index < -0.39 is 4.92 Å². The predicted octanol–water partition coefficient (Wildman–Crippen LogP) is 6.49. The summed E-state index contributed by atoms with van der Waals surface area (Å²) in [4.78, 5) is 15.4. The topological polar surface area (TPSA) is 93.0 Å². The van der Waals surface area contributed by atoms with Crippen molar-refractivity contribution < 1.29 is 13.7 Å². The van der Waals surface area contributed by atoms with E-state index in [-0.39, 0.29) is 17.1 Å². The minimum Gasteiger partial charge on any atom is -0.456 e. The number of furan rings is 1. The fourth-order valence-electron chi connectivity index (χ4n) is 3.01. The van der Waals surface area contributed by atoms with Crippen LogP contribution in [-0.2, 0) is 0 Å². The first-order valence-electron chi connectivity index (χ1n) is 9.13. The number of aromatic nitrogens is 1. The second-order valence-corrected chi connectivity index (χ2v) is 7.55. The van der Waals surface area contributed by atoms with E-state index in [9.17, 15) is 19.8 Å². The molecule has 0 N–H and O–H groups in total. The molecule has 0 saturated heterocycles. The molecule has 0 aliphatic rings. The van der Waals surface area contributed by atoms with Crippen molar-refractivity contribution >= 4 is 28.7 Å². The number of thiazole rings is 1. The van der Waals surface area contributed by atoms with Crippen LogP contribution in [0, 0.1) is 34.2 Å². The standard InChI is InChI=1S/C23H14FN3O3S/c1-14-2-8-19(21(10-14)27(28)29)22-9-7-18(30-22)11-16(12-25)23-26-20(13-31-23)15-3-5-17(24)6-4-15/h2-11,13H,1H3. The Kier molecular flexibility index (Phi) is 5.43. The Labute approximate surface area is 180 Å². The molecule has 0 spiro atoms. The van der Waals surface area contributed by atoms with Gasteiger partial charge in [0.25, 0.3) is 5.69 Å². The third kappa shape index (κ3) is 4.27. The molecule has 0 unspecified atom stereocenters. The number of allylic oxidation sites excluding steroid dienone is 1. The van der Waals surface area contributed by atoms with Crippen molar-refractivity contribution in [2.24, 2.45) is 0 Å². The molecule has 2 aromatic heterocycles. The van der Waals surface area contributed by atoms with Crippen LogP contribution in [0.3, 0.4) is 0 Å². The van der Waals surface area contributed by atoms with Crippen molar-refractivity contribution in [1.82, 2.24) is 4.98 Å². The normalized spacial score (nSPS) is 11.3. The van der Waals surface area contributed by atoms with Crippen LogP contribution in [0.2, 0.25) is 0 Å². The quantitative estimate of drug-likeness (QED) is 0.204. The Balaban J connectivity index is 1.65. The van der Waals surface area contributed by atoms with Crippen LogP contribution in [0.4, 0.5) is 10.1 Å². The van der Waals surface area contributed by atoms with Crippen molar-refractivity contribution in [3.05, 3.63) is 92.2 Å². The lowest BCUT2D eigenvalue weighted by Crippen LogP contribution is -1.92. The van der Waals surface area contributed by atoms with E-state index in [1.807, 2.05) is 0 Å². The zero-order valence-corrected chi connectivity index (χ0v) is 17.0. The first-order chi connectivity index (χ1) is 14.9. The van der Waals surface area contributed by atoms with Crippen LogP contribution in [-0.4, -0.2) is 9.91 Å². The summed E-state index contributed by atoms with van der Waals surface area (Å²) in [6.07, 6.45) is 1.54. The van der Waals surface area contributed by atoms with E-state index in [2.05, 4.69) is 11.1 Å². The van der Waals surface area contributed by atoms with Gasteiger partial charge in [0.1, 0.15) is 28.4 Å². The largest absolute Gasteiger partial charge is 0.456 e. The number of nitriles is 1. The SMILES string of the molecule is Cc1ccc(-c2ccc(C=C(C#N)c3nc(-c4ccc(F)cc4)cs3)o2)c([N+](=O)[O-])c1. The average molecular weight is 431 g/mol. The third-order valence-electron chi connectivity index (χ3n) is 4.52. The summed E-state index contributed by atoms with van der Waals surface area (Å²) in [5.74, 6) is 0.376. The summed E-state index contributed by atoms with van der Waals surface area (Å²) < 4.78 is 18.9. The number of nitro groups is 1. The van der Waals surface area contributed by atoms with Gasteiger partial charge in [-0.3, -0.25) is 10.1 Å². The Hall–Kier alpha value is -4.09. The van der Waals surface area contributed by atoms with Crippen LogP contribution in [0.15, 0.2) is 64.4 Å². The van der Waals surface area contributed by atoms with Gasteiger partial charge >= 0.3 is 0 Å². The molecule has 0 amide bonds. The summed E-state index contributed by atoms with van der Waals surface area (Å²) in [7, 11) is 0. The number of hydrogen-bond acceptors (Lipinski definition) is 6. The predicted molar refractivity (Wildman–Crippen MR) is 117 cm³/mol. The fourth-order valence-corrected chi connectivity index (χ4v) is 3.81. The molecule has 0 aliphatic carbocycles. The smallest absolute Gasteiger partial charge is 0.280 e. The zero-order valence-electron chi connectivity index (χ0n) is 16.2. The average Bonchev–Trinajstić information content (AvgIpc) is 3.42. The number of nitrogens with zero attached hydrogens (tertiary/aromatic N) is 3. The van der Waals surface area contributed by atoms with Crippen LogP contribution in [0.1, 0.15) is 16.3 Å². The van der Waals surface area contributed by atoms with E-state index in [0.717, 1.165) is 11.1 Å². The molecular weight excluding hydrogens is 417 g/mol. The summed E-state index contributed by atoms with van der Waals surface area (Å²) in [5.41, 5.74) is 2.76. The highest BCUT2D eigenvalue weighted by Crippen LogP contribution is 2.33. The Morgan fingerprint density at radius 3 is 2.71 bits per heavy atom. The first-order valence-corrected chi connectivity index (χ1v) is 10.0. The molecule has 4 rings (SSSR count). The van der Waals surface area contributed by atoms with Crippen LogP contribution >= 0.6 is 11.3 Å². The number of halogens is 1. The number of hydrogen-bond donors (Lipinski definition) is 0. The van der Waals surface area contributed by atoms with E-state index in [1.165, 1.54) is 35.6 Å². The molecule has 0 fully saturated rings. The molecule has 152 valence electrons. The van der Waals surface area contributed by atoms with E-state index in [0.29, 0.717) is 27.8 Å². The van der Waals surface area contributed by atoms with Crippen LogP contribution < -0.4 is 0 Å². The van der Waals surface area contributed by atoms with Crippen molar-refractivity contribution in [3.63, 3.8) is 0 Å². The molecular formula is C23H14FN3O3S. The van der Waals surface area contributed by atoms with Gasteiger partial charge in [-0.05, 0) is 55.0 Å². The third-order valence-corrected chi connectivity index (χ3v) is 5.40. The van der Waals surface area contributed by atoms with Gasteiger partial charge in [-0.25, -0.2) is 9.37 Å². The maximum absolute atomic E-state index is 13.1. The van der Waals surface area contributed by atoms with Crippen LogP contribution in [0.25, 0.3) is 34.2 Å². The van der Waals surface area contributed by atoms with E-state index >= 15 is 0 Å². The van der Waals surface area contributed by atoms with Gasteiger partial charge in [-0.1, -0.05) is 6.07 Å². The van der Waals surface area contributed by atoms with Gasteiger partial charge in [0.2, 0.25) is 0 Å². The second kappa shape index (κ2) is 8.34. The molecule has 0 aliphatic heterocycles.